The molecule has 0 radical (unpaired) electrons. The zero-order valence-electron chi connectivity index (χ0n) is 9.36. The fraction of sp³-hybridized carbons (Fsp3) is 0.538. The molecule has 15 heavy (non-hydrogen) atoms. The summed E-state index contributed by atoms with van der Waals surface area (Å²) in [7, 11) is 0. The largest absolute Gasteiger partial charge is 0.387 e. The third kappa shape index (κ3) is 2.06. The summed E-state index contributed by atoms with van der Waals surface area (Å²) in [6.07, 6.45) is 1.82. The van der Waals surface area contributed by atoms with E-state index in [1.807, 2.05) is 11.8 Å². The first-order chi connectivity index (χ1) is 7.26. The van der Waals surface area contributed by atoms with Crippen LogP contribution in [-0.4, -0.2) is 10.4 Å². The second-order valence-electron chi connectivity index (χ2n) is 4.09. The summed E-state index contributed by atoms with van der Waals surface area (Å²) in [5.41, 5.74) is 3.81. The predicted molar refractivity (Wildman–Crippen MR) is 66.2 cm³/mol. The van der Waals surface area contributed by atoms with E-state index in [4.69, 9.17) is 0 Å². The van der Waals surface area contributed by atoms with Gasteiger partial charge in [-0.25, -0.2) is 0 Å². The van der Waals surface area contributed by atoms with Gasteiger partial charge in [0, 0.05) is 11.0 Å². The number of aliphatic hydroxyl groups excluding tert-OH is 1. The Labute approximate surface area is 95.9 Å². The molecule has 0 amide bonds. The van der Waals surface area contributed by atoms with Crippen molar-refractivity contribution in [1.29, 1.82) is 0 Å². The molecule has 1 N–H and O–H groups in total. The molecule has 0 saturated heterocycles. The topological polar surface area (TPSA) is 20.2 Å². The van der Waals surface area contributed by atoms with Gasteiger partial charge in [0.05, 0.1) is 6.10 Å². The van der Waals surface area contributed by atoms with Crippen LogP contribution in [0.25, 0.3) is 0 Å². The average Bonchev–Trinajstić information content (AvgIpc) is 2.29. The monoisotopic (exact) mass is 222 g/mol. The molecular formula is C13H18OS. The Bertz CT molecular complexity index is 348. The van der Waals surface area contributed by atoms with Crippen LogP contribution in [0.2, 0.25) is 0 Å². The minimum Gasteiger partial charge on any atom is -0.387 e. The number of benzene rings is 1. The lowest BCUT2D eigenvalue weighted by molar-refractivity contribution is 0.170. The molecule has 1 aromatic rings. The summed E-state index contributed by atoms with van der Waals surface area (Å²) >= 11 is 1.88. The van der Waals surface area contributed by atoms with Crippen LogP contribution in [0.3, 0.4) is 0 Å². The molecule has 0 aromatic heterocycles. The van der Waals surface area contributed by atoms with E-state index < -0.39 is 0 Å². The molecule has 2 rings (SSSR count). The molecule has 0 aliphatic carbocycles. The van der Waals surface area contributed by atoms with Gasteiger partial charge in [-0.15, -0.1) is 0 Å². The van der Waals surface area contributed by atoms with Crippen molar-refractivity contribution in [3.05, 3.63) is 34.9 Å². The SMILES string of the molecule is CCc1ccc2c(c1)C(O)C(CC)SC2. The molecule has 0 saturated carbocycles. The van der Waals surface area contributed by atoms with Gasteiger partial charge in [-0.3, -0.25) is 0 Å². The van der Waals surface area contributed by atoms with Crippen LogP contribution in [0.5, 0.6) is 0 Å². The molecule has 2 atom stereocenters. The van der Waals surface area contributed by atoms with Crippen LogP contribution in [-0.2, 0) is 12.2 Å². The first kappa shape index (κ1) is 11.0. The first-order valence-corrected chi connectivity index (χ1v) is 6.72. The number of hydrogen-bond donors (Lipinski definition) is 1. The summed E-state index contributed by atoms with van der Waals surface area (Å²) < 4.78 is 0. The molecule has 1 aliphatic rings. The quantitative estimate of drug-likeness (QED) is 0.828. The van der Waals surface area contributed by atoms with E-state index in [2.05, 4.69) is 32.0 Å². The van der Waals surface area contributed by atoms with Crippen molar-refractivity contribution in [1.82, 2.24) is 0 Å². The number of aryl methyl sites for hydroxylation is 1. The highest BCUT2D eigenvalue weighted by Gasteiger charge is 2.26. The minimum atomic E-state index is -0.268. The number of rotatable bonds is 2. The standard InChI is InChI=1S/C13H18OS/c1-3-9-5-6-10-8-15-12(4-2)13(14)11(10)7-9/h5-7,12-14H,3-4,8H2,1-2H3. The molecular weight excluding hydrogens is 204 g/mol. The summed E-state index contributed by atoms with van der Waals surface area (Å²) in [5, 5.41) is 10.6. The molecule has 1 heterocycles. The van der Waals surface area contributed by atoms with Crippen LogP contribution in [0, 0.1) is 0 Å². The van der Waals surface area contributed by atoms with Gasteiger partial charge in [0.1, 0.15) is 0 Å². The highest BCUT2D eigenvalue weighted by atomic mass is 32.2. The van der Waals surface area contributed by atoms with Crippen molar-refractivity contribution < 1.29 is 5.11 Å². The van der Waals surface area contributed by atoms with Gasteiger partial charge in [0.15, 0.2) is 0 Å². The second kappa shape index (κ2) is 4.58. The predicted octanol–water partition coefficient (Wildman–Crippen LogP) is 3.31. The Kier molecular flexibility index (Phi) is 3.37. The van der Waals surface area contributed by atoms with Gasteiger partial charge < -0.3 is 5.11 Å². The lowest BCUT2D eigenvalue weighted by Crippen LogP contribution is -2.20. The number of aliphatic hydroxyl groups is 1. The first-order valence-electron chi connectivity index (χ1n) is 5.67. The molecule has 1 aromatic carbocycles. The fourth-order valence-electron chi connectivity index (χ4n) is 2.10. The molecule has 1 aliphatic heterocycles. The van der Waals surface area contributed by atoms with Crippen molar-refractivity contribution in [2.75, 3.05) is 0 Å². The van der Waals surface area contributed by atoms with E-state index in [-0.39, 0.29) is 6.10 Å². The van der Waals surface area contributed by atoms with Crippen molar-refractivity contribution in [2.24, 2.45) is 0 Å². The lowest BCUT2D eigenvalue weighted by Gasteiger charge is -2.29. The summed E-state index contributed by atoms with van der Waals surface area (Å²) in [5.74, 6) is 1.05. The van der Waals surface area contributed by atoms with Gasteiger partial charge in [-0.05, 0) is 29.5 Å². The Balaban J connectivity index is 2.35. The fourth-order valence-corrected chi connectivity index (χ4v) is 3.32. The summed E-state index contributed by atoms with van der Waals surface area (Å²) in [6.45, 7) is 4.30. The smallest absolute Gasteiger partial charge is 0.0911 e. The molecule has 1 nitrogen and oxygen atoms in total. The molecule has 0 bridgehead atoms. The number of fused-ring (bicyclic) bond motifs is 1. The maximum Gasteiger partial charge on any atom is 0.0911 e. The Hall–Kier alpha value is -0.470. The molecule has 82 valence electrons. The van der Waals surface area contributed by atoms with E-state index in [1.54, 1.807) is 0 Å². The maximum atomic E-state index is 10.2. The zero-order chi connectivity index (χ0) is 10.8. The van der Waals surface area contributed by atoms with E-state index in [9.17, 15) is 5.11 Å². The second-order valence-corrected chi connectivity index (χ2v) is 5.32. The van der Waals surface area contributed by atoms with E-state index in [0.717, 1.165) is 18.6 Å². The molecule has 0 spiro atoms. The van der Waals surface area contributed by atoms with Crippen LogP contribution in [0.15, 0.2) is 18.2 Å². The number of hydrogen-bond acceptors (Lipinski definition) is 2. The molecule has 0 fully saturated rings. The molecule has 2 heteroatoms. The Morgan fingerprint density at radius 1 is 1.40 bits per heavy atom. The minimum absolute atomic E-state index is 0.268. The Morgan fingerprint density at radius 3 is 2.87 bits per heavy atom. The third-order valence-corrected chi connectivity index (χ3v) is 4.64. The Morgan fingerprint density at radius 2 is 2.20 bits per heavy atom. The third-order valence-electron chi connectivity index (χ3n) is 3.14. The van der Waals surface area contributed by atoms with Crippen molar-refractivity contribution in [2.45, 2.75) is 43.8 Å². The van der Waals surface area contributed by atoms with Crippen LogP contribution >= 0.6 is 11.8 Å². The van der Waals surface area contributed by atoms with Crippen molar-refractivity contribution >= 4 is 11.8 Å². The van der Waals surface area contributed by atoms with Gasteiger partial charge in [0.2, 0.25) is 0 Å². The van der Waals surface area contributed by atoms with Crippen molar-refractivity contribution in [3.63, 3.8) is 0 Å². The van der Waals surface area contributed by atoms with E-state index >= 15 is 0 Å². The number of thioether (sulfide) groups is 1. The molecule has 2 unspecified atom stereocenters. The highest BCUT2D eigenvalue weighted by Crippen LogP contribution is 2.39. The van der Waals surface area contributed by atoms with E-state index in [0.29, 0.717) is 5.25 Å². The van der Waals surface area contributed by atoms with Gasteiger partial charge >= 0.3 is 0 Å². The van der Waals surface area contributed by atoms with E-state index in [1.165, 1.54) is 16.7 Å². The van der Waals surface area contributed by atoms with Crippen molar-refractivity contribution in [3.8, 4) is 0 Å². The lowest BCUT2D eigenvalue weighted by atomic mass is 9.96. The normalized spacial score (nSPS) is 25.0. The van der Waals surface area contributed by atoms with Gasteiger partial charge in [0.25, 0.3) is 0 Å². The van der Waals surface area contributed by atoms with Gasteiger partial charge in [-0.1, -0.05) is 32.0 Å². The maximum absolute atomic E-state index is 10.2. The van der Waals surface area contributed by atoms with Crippen LogP contribution in [0.4, 0.5) is 0 Å². The average molecular weight is 222 g/mol. The van der Waals surface area contributed by atoms with Crippen LogP contribution < -0.4 is 0 Å². The van der Waals surface area contributed by atoms with Gasteiger partial charge in [-0.2, -0.15) is 11.8 Å². The van der Waals surface area contributed by atoms with Crippen LogP contribution in [0.1, 0.15) is 43.1 Å². The highest BCUT2D eigenvalue weighted by molar-refractivity contribution is 7.99. The summed E-state index contributed by atoms with van der Waals surface area (Å²) in [4.78, 5) is 0. The summed E-state index contributed by atoms with van der Waals surface area (Å²) in [6, 6.07) is 6.54. The zero-order valence-corrected chi connectivity index (χ0v) is 10.2.